The van der Waals surface area contributed by atoms with Crippen molar-refractivity contribution in [2.75, 3.05) is 6.61 Å². The van der Waals surface area contributed by atoms with Gasteiger partial charge in [-0.25, -0.2) is 0 Å². The third-order valence-corrected chi connectivity index (χ3v) is 1.02. The molecule has 2 atom stereocenters. The molecule has 0 rings (SSSR count). The van der Waals surface area contributed by atoms with E-state index in [1.54, 1.807) is 0 Å². The SMILES string of the molecule is CCOC(O)C(N)C(F)(F)F. The molecule has 0 saturated carbocycles. The maximum Gasteiger partial charge on any atom is 0.408 e. The van der Waals surface area contributed by atoms with E-state index < -0.39 is 18.5 Å². The number of nitrogens with two attached hydrogens (primary N) is 1. The lowest BCUT2D eigenvalue weighted by molar-refractivity contribution is -0.218. The standard InChI is InChI=1S/C5H10F3NO2/c1-2-11-4(10)3(9)5(6,7)8/h3-4,10H,2,9H2,1H3. The number of aliphatic hydroxyl groups is 1. The highest BCUT2D eigenvalue weighted by Crippen LogP contribution is 2.20. The van der Waals surface area contributed by atoms with E-state index >= 15 is 0 Å². The van der Waals surface area contributed by atoms with Crippen molar-refractivity contribution in [3.63, 3.8) is 0 Å². The fraction of sp³-hybridized carbons (Fsp3) is 1.00. The summed E-state index contributed by atoms with van der Waals surface area (Å²) in [4.78, 5) is 0. The van der Waals surface area contributed by atoms with Crippen molar-refractivity contribution in [2.24, 2.45) is 5.73 Å². The molecule has 0 spiro atoms. The predicted octanol–water partition coefficient (Wildman–Crippen LogP) is 0.231. The van der Waals surface area contributed by atoms with Gasteiger partial charge in [0.25, 0.3) is 0 Å². The Morgan fingerprint density at radius 1 is 1.55 bits per heavy atom. The molecule has 0 amide bonds. The number of halogens is 3. The van der Waals surface area contributed by atoms with Crippen molar-refractivity contribution < 1.29 is 23.0 Å². The minimum atomic E-state index is -4.62. The molecule has 0 bridgehead atoms. The molecule has 0 aliphatic carbocycles. The average molecular weight is 173 g/mol. The van der Waals surface area contributed by atoms with E-state index in [0.717, 1.165) is 0 Å². The van der Waals surface area contributed by atoms with Gasteiger partial charge in [0.15, 0.2) is 12.3 Å². The number of ether oxygens (including phenoxy) is 1. The Labute approximate surface area is 61.9 Å². The summed E-state index contributed by atoms with van der Waals surface area (Å²) in [7, 11) is 0. The lowest BCUT2D eigenvalue weighted by atomic mass is 10.3. The van der Waals surface area contributed by atoms with E-state index in [4.69, 9.17) is 5.11 Å². The molecule has 0 aromatic heterocycles. The van der Waals surface area contributed by atoms with Crippen LogP contribution < -0.4 is 5.73 Å². The molecule has 0 saturated heterocycles. The van der Waals surface area contributed by atoms with E-state index in [9.17, 15) is 13.2 Å². The summed E-state index contributed by atoms with van der Waals surface area (Å²) >= 11 is 0. The molecule has 6 heteroatoms. The van der Waals surface area contributed by atoms with Gasteiger partial charge in [0.05, 0.1) is 0 Å². The third kappa shape index (κ3) is 3.54. The highest BCUT2D eigenvalue weighted by atomic mass is 19.4. The van der Waals surface area contributed by atoms with Gasteiger partial charge in [-0.15, -0.1) is 0 Å². The van der Waals surface area contributed by atoms with Crippen molar-refractivity contribution in [1.29, 1.82) is 0 Å². The monoisotopic (exact) mass is 173 g/mol. The van der Waals surface area contributed by atoms with E-state index in [0.29, 0.717) is 0 Å². The van der Waals surface area contributed by atoms with E-state index in [2.05, 4.69) is 10.5 Å². The molecule has 0 radical (unpaired) electrons. The maximum atomic E-state index is 11.7. The number of aliphatic hydroxyl groups excluding tert-OH is 1. The summed E-state index contributed by atoms with van der Waals surface area (Å²) in [5, 5.41) is 8.59. The van der Waals surface area contributed by atoms with Crippen molar-refractivity contribution in [3.8, 4) is 0 Å². The Hall–Kier alpha value is -0.330. The Balaban J connectivity index is 3.91. The summed E-state index contributed by atoms with van der Waals surface area (Å²) in [6.07, 6.45) is -6.59. The van der Waals surface area contributed by atoms with Crippen molar-refractivity contribution >= 4 is 0 Å². The Morgan fingerprint density at radius 2 is 2.00 bits per heavy atom. The molecule has 0 aromatic carbocycles. The Morgan fingerprint density at radius 3 is 2.27 bits per heavy atom. The van der Waals surface area contributed by atoms with Crippen molar-refractivity contribution in [1.82, 2.24) is 0 Å². The smallest absolute Gasteiger partial charge is 0.366 e. The molecule has 0 fully saturated rings. The van der Waals surface area contributed by atoms with Gasteiger partial charge in [0.2, 0.25) is 0 Å². The summed E-state index contributed by atoms with van der Waals surface area (Å²) in [6.45, 7) is 1.46. The first-order valence-electron chi connectivity index (χ1n) is 3.01. The molecule has 68 valence electrons. The summed E-state index contributed by atoms with van der Waals surface area (Å²) in [6, 6.07) is -2.33. The Kier molecular flexibility index (Phi) is 3.77. The lowest BCUT2D eigenvalue weighted by Crippen LogP contribution is -2.48. The van der Waals surface area contributed by atoms with E-state index in [-0.39, 0.29) is 6.61 Å². The van der Waals surface area contributed by atoms with Crippen molar-refractivity contribution in [3.05, 3.63) is 0 Å². The van der Waals surface area contributed by atoms with Gasteiger partial charge in [0.1, 0.15) is 0 Å². The highest BCUT2D eigenvalue weighted by Gasteiger charge is 2.41. The lowest BCUT2D eigenvalue weighted by Gasteiger charge is -2.20. The van der Waals surface area contributed by atoms with Crippen molar-refractivity contribution in [2.45, 2.75) is 25.4 Å². The fourth-order valence-electron chi connectivity index (χ4n) is 0.436. The number of hydrogen-bond acceptors (Lipinski definition) is 3. The molecule has 3 N–H and O–H groups in total. The molecule has 0 heterocycles. The van der Waals surface area contributed by atoms with Crippen LogP contribution >= 0.6 is 0 Å². The second-order valence-electron chi connectivity index (χ2n) is 1.91. The van der Waals surface area contributed by atoms with E-state index in [1.807, 2.05) is 0 Å². The van der Waals surface area contributed by atoms with Crippen LogP contribution in [0.5, 0.6) is 0 Å². The quantitative estimate of drug-likeness (QED) is 0.600. The normalized spacial score (nSPS) is 18.0. The fourth-order valence-corrected chi connectivity index (χ4v) is 0.436. The van der Waals surface area contributed by atoms with Gasteiger partial charge in [-0.3, -0.25) is 0 Å². The van der Waals surface area contributed by atoms with Gasteiger partial charge in [0, 0.05) is 6.61 Å². The number of hydrogen-bond donors (Lipinski definition) is 2. The minimum absolute atomic E-state index is 0.00898. The van der Waals surface area contributed by atoms with Gasteiger partial charge >= 0.3 is 6.18 Å². The molecule has 11 heavy (non-hydrogen) atoms. The van der Waals surface area contributed by atoms with Crippen LogP contribution in [0, 0.1) is 0 Å². The largest absolute Gasteiger partial charge is 0.408 e. The summed E-state index contributed by atoms with van der Waals surface area (Å²) in [5.74, 6) is 0. The van der Waals surface area contributed by atoms with Crippen LogP contribution in [0.25, 0.3) is 0 Å². The molecule has 0 aliphatic rings. The van der Waals surface area contributed by atoms with Gasteiger partial charge in [-0.2, -0.15) is 13.2 Å². The van der Waals surface area contributed by atoms with Gasteiger partial charge in [-0.1, -0.05) is 0 Å². The Bertz CT molecular complexity index is 117. The van der Waals surface area contributed by atoms with E-state index in [1.165, 1.54) is 6.92 Å². The molecule has 0 aliphatic heterocycles. The molecular weight excluding hydrogens is 163 g/mol. The van der Waals surface area contributed by atoms with Crippen LogP contribution in [0.3, 0.4) is 0 Å². The predicted molar refractivity (Wildman–Crippen MR) is 31.7 cm³/mol. The van der Waals surface area contributed by atoms with Crippen LogP contribution in [-0.4, -0.2) is 30.2 Å². The summed E-state index contributed by atoms with van der Waals surface area (Å²) in [5.41, 5.74) is 4.58. The molecule has 3 nitrogen and oxygen atoms in total. The van der Waals surface area contributed by atoms with Crippen LogP contribution in [-0.2, 0) is 4.74 Å². The zero-order chi connectivity index (χ0) is 9.07. The zero-order valence-electron chi connectivity index (χ0n) is 5.93. The molecular formula is C5H10F3NO2. The molecule has 2 unspecified atom stereocenters. The van der Waals surface area contributed by atoms with Crippen LogP contribution in [0.15, 0.2) is 0 Å². The number of rotatable bonds is 3. The summed E-state index contributed by atoms with van der Waals surface area (Å²) < 4.78 is 39.2. The first-order valence-corrected chi connectivity index (χ1v) is 3.01. The van der Waals surface area contributed by atoms with Crippen LogP contribution in [0.2, 0.25) is 0 Å². The average Bonchev–Trinajstić information content (AvgIpc) is 1.85. The van der Waals surface area contributed by atoms with Gasteiger partial charge in [-0.05, 0) is 6.92 Å². The first kappa shape index (κ1) is 10.7. The second kappa shape index (κ2) is 3.89. The number of alkyl halides is 3. The third-order valence-electron chi connectivity index (χ3n) is 1.02. The highest BCUT2D eigenvalue weighted by molar-refractivity contribution is 4.72. The minimum Gasteiger partial charge on any atom is -0.366 e. The first-order chi connectivity index (χ1) is 4.89. The topological polar surface area (TPSA) is 55.5 Å². The maximum absolute atomic E-state index is 11.7. The van der Waals surface area contributed by atoms with Crippen LogP contribution in [0.1, 0.15) is 6.92 Å². The molecule has 0 aromatic rings. The van der Waals surface area contributed by atoms with Gasteiger partial charge < -0.3 is 15.6 Å². The second-order valence-corrected chi connectivity index (χ2v) is 1.91. The zero-order valence-corrected chi connectivity index (χ0v) is 5.93. The van der Waals surface area contributed by atoms with Crippen LogP contribution in [0.4, 0.5) is 13.2 Å².